The van der Waals surface area contributed by atoms with Crippen molar-refractivity contribution in [2.45, 2.75) is 38.9 Å². The minimum absolute atomic E-state index is 0.200. The molecule has 0 aliphatic carbocycles. The van der Waals surface area contributed by atoms with Gasteiger partial charge >= 0.3 is 12.2 Å². The van der Waals surface area contributed by atoms with E-state index in [2.05, 4.69) is 10.6 Å². The molecular formula is C14H18F4N2O. The van der Waals surface area contributed by atoms with Gasteiger partial charge in [-0.15, -0.1) is 0 Å². The molecule has 0 fully saturated rings. The van der Waals surface area contributed by atoms with Crippen LogP contribution in [0.1, 0.15) is 37.3 Å². The maximum absolute atomic E-state index is 13.4. The van der Waals surface area contributed by atoms with Crippen LogP contribution in [0.15, 0.2) is 18.2 Å². The Balaban J connectivity index is 2.53. The SMILES string of the molecule is CCCCCNC(=O)NCc1cc(C(F)(F)F)ccc1F. The fourth-order valence-corrected chi connectivity index (χ4v) is 1.70. The number of alkyl halides is 3. The van der Waals surface area contributed by atoms with Gasteiger partial charge in [-0.2, -0.15) is 13.2 Å². The van der Waals surface area contributed by atoms with Crippen molar-refractivity contribution in [2.75, 3.05) is 6.54 Å². The Morgan fingerprint density at radius 2 is 1.90 bits per heavy atom. The van der Waals surface area contributed by atoms with Crippen molar-refractivity contribution in [3.63, 3.8) is 0 Å². The van der Waals surface area contributed by atoms with E-state index >= 15 is 0 Å². The largest absolute Gasteiger partial charge is 0.416 e. The Bertz CT molecular complexity index is 475. The Morgan fingerprint density at radius 3 is 2.52 bits per heavy atom. The quantitative estimate of drug-likeness (QED) is 0.608. The summed E-state index contributed by atoms with van der Waals surface area (Å²) in [7, 11) is 0. The zero-order chi connectivity index (χ0) is 15.9. The lowest BCUT2D eigenvalue weighted by atomic mass is 10.1. The normalized spacial score (nSPS) is 11.3. The summed E-state index contributed by atoms with van der Waals surface area (Å²) < 4.78 is 51.0. The number of nitrogens with one attached hydrogen (secondary N) is 2. The van der Waals surface area contributed by atoms with Crippen LogP contribution in [-0.2, 0) is 12.7 Å². The average Bonchev–Trinajstić information content (AvgIpc) is 2.41. The lowest BCUT2D eigenvalue weighted by Crippen LogP contribution is -2.35. The summed E-state index contributed by atoms with van der Waals surface area (Å²) in [6.07, 6.45) is -1.73. The molecule has 118 valence electrons. The number of carbonyl (C=O) groups excluding carboxylic acids is 1. The second-order valence-electron chi connectivity index (χ2n) is 4.62. The lowest BCUT2D eigenvalue weighted by molar-refractivity contribution is -0.137. The highest BCUT2D eigenvalue weighted by Gasteiger charge is 2.31. The second kappa shape index (κ2) is 7.85. The maximum atomic E-state index is 13.4. The zero-order valence-electron chi connectivity index (χ0n) is 11.7. The molecule has 2 amide bonds. The molecule has 0 aliphatic rings. The summed E-state index contributed by atoms with van der Waals surface area (Å²) in [5, 5.41) is 4.90. The fourth-order valence-electron chi connectivity index (χ4n) is 1.70. The number of unbranched alkanes of at least 4 members (excludes halogenated alkanes) is 2. The molecule has 0 unspecified atom stereocenters. The van der Waals surface area contributed by atoms with Crippen molar-refractivity contribution in [2.24, 2.45) is 0 Å². The van der Waals surface area contributed by atoms with Crippen LogP contribution in [-0.4, -0.2) is 12.6 Å². The summed E-state index contributed by atoms with van der Waals surface area (Å²) in [5.41, 5.74) is -1.14. The first kappa shape index (κ1) is 17.3. The molecule has 0 heterocycles. The topological polar surface area (TPSA) is 41.1 Å². The van der Waals surface area contributed by atoms with Gasteiger partial charge in [0.15, 0.2) is 0 Å². The molecule has 0 aliphatic heterocycles. The van der Waals surface area contributed by atoms with E-state index in [0.717, 1.165) is 25.3 Å². The van der Waals surface area contributed by atoms with Gasteiger partial charge in [-0.1, -0.05) is 19.8 Å². The molecule has 7 heteroatoms. The summed E-state index contributed by atoms with van der Waals surface area (Å²) in [6.45, 7) is 2.20. The molecule has 0 saturated heterocycles. The van der Waals surface area contributed by atoms with Crippen molar-refractivity contribution >= 4 is 6.03 Å². The summed E-state index contributed by atoms with van der Waals surface area (Å²) in [5.74, 6) is -0.783. The molecule has 0 spiro atoms. The zero-order valence-corrected chi connectivity index (χ0v) is 11.7. The Labute approximate surface area is 120 Å². The van der Waals surface area contributed by atoms with Crippen LogP contribution in [0.4, 0.5) is 22.4 Å². The Morgan fingerprint density at radius 1 is 1.19 bits per heavy atom. The summed E-state index contributed by atoms with van der Waals surface area (Å²) >= 11 is 0. The highest BCUT2D eigenvalue weighted by molar-refractivity contribution is 5.73. The third-order valence-electron chi connectivity index (χ3n) is 2.88. The number of halogens is 4. The number of benzene rings is 1. The molecular weight excluding hydrogens is 288 g/mol. The third kappa shape index (κ3) is 6.01. The number of urea groups is 1. The first-order chi connectivity index (χ1) is 9.84. The van der Waals surface area contributed by atoms with Crippen LogP contribution < -0.4 is 10.6 Å². The molecule has 0 aromatic heterocycles. The van der Waals surface area contributed by atoms with E-state index in [1.165, 1.54) is 0 Å². The lowest BCUT2D eigenvalue weighted by Gasteiger charge is -2.11. The van der Waals surface area contributed by atoms with E-state index in [-0.39, 0.29) is 12.1 Å². The molecule has 2 N–H and O–H groups in total. The summed E-state index contributed by atoms with van der Waals surface area (Å²) in [4.78, 5) is 11.4. The third-order valence-corrected chi connectivity index (χ3v) is 2.88. The molecule has 1 aromatic rings. The standard InChI is InChI=1S/C14H18F4N2O/c1-2-3-4-7-19-13(21)20-9-10-8-11(14(16,17)18)5-6-12(10)15/h5-6,8H,2-4,7,9H2,1H3,(H2,19,20,21). The molecule has 0 saturated carbocycles. The highest BCUT2D eigenvalue weighted by atomic mass is 19.4. The second-order valence-corrected chi connectivity index (χ2v) is 4.62. The van der Waals surface area contributed by atoms with Crippen LogP contribution in [0, 0.1) is 5.82 Å². The molecule has 1 rings (SSSR count). The monoisotopic (exact) mass is 306 g/mol. The number of rotatable bonds is 6. The van der Waals surface area contributed by atoms with E-state index in [0.29, 0.717) is 18.7 Å². The van der Waals surface area contributed by atoms with Gasteiger partial charge in [0.05, 0.1) is 5.56 Å². The van der Waals surface area contributed by atoms with Crippen molar-refractivity contribution in [1.82, 2.24) is 10.6 Å². The van der Waals surface area contributed by atoms with E-state index in [9.17, 15) is 22.4 Å². The summed E-state index contributed by atoms with van der Waals surface area (Å²) in [6, 6.07) is 1.60. The predicted octanol–water partition coefficient (Wildman–Crippen LogP) is 3.83. The van der Waals surface area contributed by atoms with E-state index in [1.54, 1.807) is 0 Å². The van der Waals surface area contributed by atoms with Crippen LogP contribution in [0.25, 0.3) is 0 Å². The van der Waals surface area contributed by atoms with Gasteiger partial charge in [0.2, 0.25) is 0 Å². The van der Waals surface area contributed by atoms with Crippen molar-refractivity contribution < 1.29 is 22.4 Å². The van der Waals surface area contributed by atoms with Crippen LogP contribution >= 0.6 is 0 Å². The van der Waals surface area contributed by atoms with Crippen molar-refractivity contribution in [3.05, 3.63) is 35.1 Å². The van der Waals surface area contributed by atoms with Gasteiger partial charge in [-0.25, -0.2) is 9.18 Å². The van der Waals surface area contributed by atoms with Crippen LogP contribution in [0.3, 0.4) is 0 Å². The highest BCUT2D eigenvalue weighted by Crippen LogP contribution is 2.30. The minimum atomic E-state index is -4.54. The molecule has 0 radical (unpaired) electrons. The number of carbonyl (C=O) groups is 1. The van der Waals surface area contributed by atoms with Crippen LogP contribution in [0.5, 0.6) is 0 Å². The van der Waals surface area contributed by atoms with Gasteiger partial charge in [0.25, 0.3) is 0 Å². The number of hydrogen-bond donors (Lipinski definition) is 2. The number of hydrogen-bond acceptors (Lipinski definition) is 1. The van der Waals surface area contributed by atoms with Crippen molar-refractivity contribution in [1.29, 1.82) is 0 Å². The molecule has 3 nitrogen and oxygen atoms in total. The molecule has 21 heavy (non-hydrogen) atoms. The molecule has 0 bridgehead atoms. The van der Waals surface area contributed by atoms with E-state index in [4.69, 9.17) is 0 Å². The first-order valence-corrected chi connectivity index (χ1v) is 6.72. The van der Waals surface area contributed by atoms with Crippen LogP contribution in [0.2, 0.25) is 0 Å². The Hall–Kier alpha value is -1.79. The molecule has 0 atom stereocenters. The average molecular weight is 306 g/mol. The van der Waals surface area contributed by atoms with Gasteiger partial charge in [0, 0.05) is 18.7 Å². The maximum Gasteiger partial charge on any atom is 0.416 e. The molecule has 1 aromatic carbocycles. The van der Waals surface area contributed by atoms with Gasteiger partial charge in [-0.05, 0) is 24.6 Å². The first-order valence-electron chi connectivity index (χ1n) is 6.72. The smallest absolute Gasteiger partial charge is 0.338 e. The minimum Gasteiger partial charge on any atom is -0.338 e. The van der Waals surface area contributed by atoms with Gasteiger partial charge in [-0.3, -0.25) is 0 Å². The van der Waals surface area contributed by atoms with Crippen molar-refractivity contribution in [3.8, 4) is 0 Å². The number of amides is 2. The van der Waals surface area contributed by atoms with Gasteiger partial charge < -0.3 is 10.6 Å². The van der Waals surface area contributed by atoms with Gasteiger partial charge in [0.1, 0.15) is 5.82 Å². The predicted molar refractivity (Wildman–Crippen MR) is 71.2 cm³/mol. The Kier molecular flexibility index (Phi) is 6.45. The fraction of sp³-hybridized carbons (Fsp3) is 0.500. The van der Waals surface area contributed by atoms with E-state index < -0.39 is 23.6 Å². The van der Waals surface area contributed by atoms with E-state index in [1.807, 2.05) is 6.92 Å².